The summed E-state index contributed by atoms with van der Waals surface area (Å²) in [6.07, 6.45) is 0.482. The van der Waals surface area contributed by atoms with Gasteiger partial charge in [-0.2, -0.15) is 0 Å². The van der Waals surface area contributed by atoms with Crippen molar-refractivity contribution in [2.75, 3.05) is 25.1 Å². The number of carbonyl (C=O) groups excluding carboxylic acids is 1. The molecule has 0 spiro atoms. The van der Waals surface area contributed by atoms with Gasteiger partial charge in [-0.15, -0.1) is 0 Å². The van der Waals surface area contributed by atoms with Gasteiger partial charge in [-0.05, 0) is 18.6 Å². The largest absolute Gasteiger partial charge is 0.453 e. The van der Waals surface area contributed by atoms with Gasteiger partial charge in [0.05, 0.1) is 13.2 Å². The van der Waals surface area contributed by atoms with E-state index in [4.69, 9.17) is 18.0 Å². The maximum atomic E-state index is 11.2. The molecule has 19 heavy (non-hydrogen) atoms. The van der Waals surface area contributed by atoms with Crippen molar-refractivity contribution in [1.82, 2.24) is 5.32 Å². The molecular weight excluding hydrogens is 262 g/mol. The molecule has 102 valence electrons. The zero-order valence-corrected chi connectivity index (χ0v) is 11.6. The first-order valence-electron chi connectivity index (χ1n) is 6.10. The first kappa shape index (κ1) is 13.6. The smallest absolute Gasteiger partial charge is 0.407 e. The summed E-state index contributed by atoms with van der Waals surface area (Å²) in [6, 6.07) is 7.87. The van der Waals surface area contributed by atoms with Gasteiger partial charge in [0.2, 0.25) is 0 Å². The van der Waals surface area contributed by atoms with E-state index in [0.717, 1.165) is 30.8 Å². The molecule has 0 bridgehead atoms. The number of rotatable bonds is 3. The second-order valence-corrected chi connectivity index (χ2v) is 4.89. The quantitative estimate of drug-likeness (QED) is 0.815. The fraction of sp³-hybridized carbons (Fsp3) is 0.385. The molecule has 6 heteroatoms. The molecule has 1 aromatic rings. The van der Waals surface area contributed by atoms with Crippen molar-refractivity contribution >= 4 is 29.0 Å². The third-order valence-corrected chi connectivity index (χ3v) is 3.43. The van der Waals surface area contributed by atoms with Crippen molar-refractivity contribution in [2.24, 2.45) is 5.73 Å². The molecule has 0 radical (unpaired) electrons. The number of carbonyl (C=O) groups is 1. The maximum absolute atomic E-state index is 11.2. The molecule has 1 atom stereocenters. The SMILES string of the molecule is COC(=O)NC1CCN(c2ccccc2C(N)=S)C1. The van der Waals surface area contributed by atoms with Gasteiger partial charge >= 0.3 is 6.09 Å². The molecule has 2 rings (SSSR count). The Bertz CT molecular complexity index is 493. The Morgan fingerprint density at radius 1 is 1.53 bits per heavy atom. The van der Waals surface area contributed by atoms with Gasteiger partial charge in [-0.3, -0.25) is 0 Å². The number of para-hydroxylation sites is 1. The molecule has 5 nitrogen and oxygen atoms in total. The van der Waals surface area contributed by atoms with E-state index in [-0.39, 0.29) is 6.04 Å². The summed E-state index contributed by atoms with van der Waals surface area (Å²) < 4.78 is 4.61. The van der Waals surface area contributed by atoms with Crippen LogP contribution in [0.5, 0.6) is 0 Å². The summed E-state index contributed by atoms with van der Waals surface area (Å²) in [7, 11) is 1.37. The van der Waals surface area contributed by atoms with Crippen LogP contribution in [0.3, 0.4) is 0 Å². The van der Waals surface area contributed by atoms with Crippen molar-refractivity contribution in [3.05, 3.63) is 29.8 Å². The molecule has 1 fully saturated rings. The van der Waals surface area contributed by atoms with Gasteiger partial charge in [0.15, 0.2) is 0 Å². The lowest BCUT2D eigenvalue weighted by Gasteiger charge is -2.21. The molecule has 1 aromatic carbocycles. The Balaban J connectivity index is 2.09. The molecule has 0 aromatic heterocycles. The number of nitrogens with two attached hydrogens (primary N) is 1. The highest BCUT2D eigenvalue weighted by molar-refractivity contribution is 7.80. The fourth-order valence-corrected chi connectivity index (χ4v) is 2.45. The normalized spacial score (nSPS) is 18.2. The van der Waals surface area contributed by atoms with E-state index in [1.807, 2.05) is 24.3 Å². The van der Waals surface area contributed by atoms with E-state index in [1.165, 1.54) is 7.11 Å². The number of nitrogens with one attached hydrogen (secondary N) is 1. The van der Waals surface area contributed by atoms with Crippen LogP contribution in [0, 0.1) is 0 Å². The standard InChI is InChI=1S/C13H17N3O2S/c1-18-13(17)15-9-6-7-16(8-9)11-5-3-2-4-10(11)12(14)19/h2-5,9H,6-8H2,1H3,(H2,14,19)(H,15,17). The Morgan fingerprint density at radius 2 is 2.26 bits per heavy atom. The van der Waals surface area contributed by atoms with Crippen LogP contribution in [0.15, 0.2) is 24.3 Å². The molecule has 0 aliphatic carbocycles. The molecule has 1 amide bonds. The third kappa shape index (κ3) is 3.14. The number of hydrogen-bond acceptors (Lipinski definition) is 4. The first-order chi connectivity index (χ1) is 9.11. The topological polar surface area (TPSA) is 67.6 Å². The number of alkyl carbamates (subject to hydrolysis) is 1. The number of nitrogens with zero attached hydrogens (tertiary/aromatic N) is 1. The van der Waals surface area contributed by atoms with Crippen LogP contribution in [0.1, 0.15) is 12.0 Å². The van der Waals surface area contributed by atoms with Crippen LogP contribution in [0.2, 0.25) is 0 Å². The lowest BCUT2D eigenvalue weighted by atomic mass is 10.1. The van der Waals surface area contributed by atoms with Crippen LogP contribution < -0.4 is 16.0 Å². The van der Waals surface area contributed by atoms with Crippen LogP contribution in [0.4, 0.5) is 10.5 Å². The van der Waals surface area contributed by atoms with Crippen LogP contribution >= 0.6 is 12.2 Å². The van der Waals surface area contributed by atoms with Crippen LogP contribution in [0.25, 0.3) is 0 Å². The molecule has 1 saturated heterocycles. The average Bonchev–Trinajstić information content (AvgIpc) is 2.86. The van der Waals surface area contributed by atoms with E-state index < -0.39 is 6.09 Å². The lowest BCUT2D eigenvalue weighted by molar-refractivity contribution is 0.167. The van der Waals surface area contributed by atoms with Crippen molar-refractivity contribution in [2.45, 2.75) is 12.5 Å². The molecule has 1 aliphatic heterocycles. The zero-order chi connectivity index (χ0) is 13.8. The summed E-state index contributed by atoms with van der Waals surface area (Å²) in [5.41, 5.74) is 7.62. The average molecular weight is 279 g/mol. The summed E-state index contributed by atoms with van der Waals surface area (Å²) in [4.78, 5) is 13.8. The van der Waals surface area contributed by atoms with E-state index in [2.05, 4.69) is 15.0 Å². The van der Waals surface area contributed by atoms with E-state index in [0.29, 0.717) is 4.99 Å². The van der Waals surface area contributed by atoms with Crippen molar-refractivity contribution in [3.8, 4) is 0 Å². The summed E-state index contributed by atoms with van der Waals surface area (Å²) in [5, 5.41) is 2.81. The predicted octanol–water partition coefficient (Wildman–Crippen LogP) is 1.26. The number of amides is 1. The van der Waals surface area contributed by atoms with Gasteiger partial charge in [0.1, 0.15) is 4.99 Å². The monoisotopic (exact) mass is 279 g/mol. The number of ether oxygens (including phenoxy) is 1. The minimum absolute atomic E-state index is 0.0897. The lowest BCUT2D eigenvalue weighted by Crippen LogP contribution is -2.37. The van der Waals surface area contributed by atoms with Gasteiger partial charge < -0.3 is 20.7 Å². The summed E-state index contributed by atoms with van der Waals surface area (Å²) >= 11 is 5.06. The maximum Gasteiger partial charge on any atom is 0.407 e. The van der Waals surface area contributed by atoms with E-state index >= 15 is 0 Å². The fourth-order valence-electron chi connectivity index (χ4n) is 2.28. The van der Waals surface area contributed by atoms with Gasteiger partial charge in [0.25, 0.3) is 0 Å². The predicted molar refractivity (Wildman–Crippen MR) is 78.5 cm³/mol. The number of hydrogen-bond donors (Lipinski definition) is 2. The van der Waals surface area contributed by atoms with Crippen LogP contribution in [-0.4, -0.2) is 37.3 Å². The van der Waals surface area contributed by atoms with Gasteiger partial charge in [0, 0.05) is 24.3 Å². The highest BCUT2D eigenvalue weighted by atomic mass is 32.1. The highest BCUT2D eigenvalue weighted by Crippen LogP contribution is 2.24. The highest BCUT2D eigenvalue weighted by Gasteiger charge is 2.25. The second kappa shape index (κ2) is 5.88. The van der Waals surface area contributed by atoms with Crippen LogP contribution in [-0.2, 0) is 4.74 Å². The molecular formula is C13H17N3O2S. The third-order valence-electron chi connectivity index (χ3n) is 3.21. The van der Waals surface area contributed by atoms with Gasteiger partial charge in [-0.1, -0.05) is 24.4 Å². The van der Waals surface area contributed by atoms with E-state index in [9.17, 15) is 4.79 Å². The Labute approximate surface area is 117 Å². The molecule has 0 saturated carbocycles. The minimum atomic E-state index is -0.394. The molecule has 1 heterocycles. The van der Waals surface area contributed by atoms with Crippen molar-refractivity contribution in [3.63, 3.8) is 0 Å². The number of anilines is 1. The Hall–Kier alpha value is -1.82. The number of thiocarbonyl (C=S) groups is 1. The summed E-state index contributed by atoms with van der Waals surface area (Å²) in [5.74, 6) is 0. The van der Waals surface area contributed by atoms with E-state index in [1.54, 1.807) is 0 Å². The number of benzene rings is 1. The second-order valence-electron chi connectivity index (χ2n) is 4.45. The Morgan fingerprint density at radius 3 is 2.95 bits per heavy atom. The molecule has 1 unspecified atom stereocenters. The summed E-state index contributed by atoms with van der Waals surface area (Å²) in [6.45, 7) is 1.59. The van der Waals surface area contributed by atoms with Crippen molar-refractivity contribution in [1.29, 1.82) is 0 Å². The minimum Gasteiger partial charge on any atom is -0.453 e. The van der Waals surface area contributed by atoms with Gasteiger partial charge in [-0.25, -0.2) is 4.79 Å². The molecule has 1 aliphatic rings. The Kier molecular flexibility index (Phi) is 4.21. The zero-order valence-electron chi connectivity index (χ0n) is 10.8. The number of methoxy groups -OCH3 is 1. The van der Waals surface area contributed by atoms with Crippen molar-refractivity contribution < 1.29 is 9.53 Å². The first-order valence-corrected chi connectivity index (χ1v) is 6.51. The molecule has 3 N–H and O–H groups in total.